The van der Waals surface area contributed by atoms with Gasteiger partial charge in [0.25, 0.3) is 0 Å². The molecule has 0 saturated carbocycles. The Kier molecular flexibility index (Phi) is 9.46. The Morgan fingerprint density at radius 3 is 2.42 bits per heavy atom. The molecule has 7 nitrogen and oxygen atoms in total. The molecule has 0 aliphatic carbocycles. The van der Waals surface area contributed by atoms with Crippen LogP contribution in [-0.4, -0.2) is 66.9 Å². The highest BCUT2D eigenvalue weighted by molar-refractivity contribution is 7.98. The van der Waals surface area contributed by atoms with Crippen LogP contribution in [0.4, 0.5) is 0 Å². The molecule has 2 aromatic carbocycles. The molecule has 0 bridgehead atoms. The Balaban J connectivity index is 1.12. The number of nitrogens with zero attached hydrogens (tertiary/aromatic N) is 3. The molecule has 2 heterocycles. The van der Waals surface area contributed by atoms with Crippen LogP contribution in [-0.2, 0) is 10.5 Å². The fourth-order valence-corrected chi connectivity index (χ4v) is 4.11. The summed E-state index contributed by atoms with van der Waals surface area (Å²) in [5.41, 5.74) is 0.894. The van der Waals surface area contributed by atoms with Gasteiger partial charge in [0.2, 0.25) is 11.8 Å². The Morgan fingerprint density at radius 1 is 0.848 bits per heavy atom. The maximum Gasteiger partial charge on any atom is 0.247 e. The van der Waals surface area contributed by atoms with Crippen LogP contribution in [0.25, 0.3) is 11.5 Å². The zero-order valence-electron chi connectivity index (χ0n) is 18.9. The lowest BCUT2D eigenvalue weighted by atomic mass is 10.2. The van der Waals surface area contributed by atoms with Crippen LogP contribution in [0, 0.1) is 0 Å². The average Bonchev–Trinajstić information content (AvgIpc) is 3.34. The summed E-state index contributed by atoms with van der Waals surface area (Å²) >= 11 is 1.71. The zero-order valence-corrected chi connectivity index (χ0v) is 19.7. The normalized spacial score (nSPS) is 14.3. The molecule has 0 spiro atoms. The van der Waals surface area contributed by atoms with Gasteiger partial charge in [-0.15, -0.1) is 22.0 Å². The second-order valence-electron chi connectivity index (χ2n) is 7.75. The van der Waals surface area contributed by atoms with E-state index in [4.69, 9.17) is 18.6 Å². The fraction of sp³-hybridized carbons (Fsp3) is 0.440. The van der Waals surface area contributed by atoms with Gasteiger partial charge in [-0.2, -0.15) is 0 Å². The number of morpholine rings is 1. The summed E-state index contributed by atoms with van der Waals surface area (Å²) in [6, 6.07) is 17.7. The predicted molar refractivity (Wildman–Crippen MR) is 130 cm³/mol. The second-order valence-corrected chi connectivity index (χ2v) is 8.85. The van der Waals surface area contributed by atoms with Crippen molar-refractivity contribution in [2.45, 2.75) is 18.6 Å². The van der Waals surface area contributed by atoms with Crippen LogP contribution in [0.5, 0.6) is 11.5 Å². The molecule has 1 fully saturated rings. The third kappa shape index (κ3) is 8.07. The van der Waals surface area contributed by atoms with E-state index in [9.17, 15) is 0 Å². The Labute approximate surface area is 199 Å². The summed E-state index contributed by atoms with van der Waals surface area (Å²) in [6.45, 7) is 6.27. The smallest absolute Gasteiger partial charge is 0.247 e. The summed E-state index contributed by atoms with van der Waals surface area (Å²) in [7, 11) is 0. The predicted octanol–water partition coefficient (Wildman–Crippen LogP) is 4.54. The SMILES string of the molecule is c1ccc(OCCSCc2nnc(-c3ccc(OCCCCN4CCOCC4)cc3)o2)cc1. The topological polar surface area (TPSA) is 69.9 Å². The van der Waals surface area contributed by atoms with Gasteiger partial charge in [0, 0.05) is 24.4 Å². The van der Waals surface area contributed by atoms with Gasteiger partial charge in [0.1, 0.15) is 11.5 Å². The van der Waals surface area contributed by atoms with Crippen molar-refractivity contribution in [2.75, 3.05) is 51.8 Å². The van der Waals surface area contributed by atoms with Gasteiger partial charge >= 0.3 is 0 Å². The lowest BCUT2D eigenvalue weighted by Crippen LogP contribution is -2.36. The minimum absolute atomic E-state index is 0.531. The van der Waals surface area contributed by atoms with Crippen LogP contribution in [0.2, 0.25) is 0 Å². The van der Waals surface area contributed by atoms with E-state index < -0.39 is 0 Å². The maximum atomic E-state index is 5.87. The lowest BCUT2D eigenvalue weighted by Gasteiger charge is -2.26. The molecule has 0 N–H and O–H groups in total. The molecule has 3 aromatic rings. The number of rotatable bonds is 13. The van der Waals surface area contributed by atoms with E-state index in [1.54, 1.807) is 11.8 Å². The molecule has 1 saturated heterocycles. The van der Waals surface area contributed by atoms with E-state index in [1.807, 2.05) is 54.6 Å². The van der Waals surface area contributed by atoms with Gasteiger partial charge in [0.05, 0.1) is 32.2 Å². The van der Waals surface area contributed by atoms with Gasteiger partial charge in [-0.05, 0) is 55.8 Å². The quantitative estimate of drug-likeness (QED) is 0.338. The number of hydrogen-bond donors (Lipinski definition) is 0. The molecular formula is C25H31N3O4S. The highest BCUT2D eigenvalue weighted by Crippen LogP contribution is 2.23. The molecule has 0 unspecified atom stereocenters. The van der Waals surface area contributed by atoms with Crippen molar-refractivity contribution in [1.82, 2.24) is 15.1 Å². The highest BCUT2D eigenvalue weighted by Gasteiger charge is 2.10. The van der Waals surface area contributed by atoms with Crippen LogP contribution >= 0.6 is 11.8 Å². The number of para-hydroxylation sites is 1. The van der Waals surface area contributed by atoms with Crippen LogP contribution in [0.15, 0.2) is 59.0 Å². The number of benzene rings is 2. The van der Waals surface area contributed by atoms with Gasteiger partial charge in [-0.3, -0.25) is 4.90 Å². The van der Waals surface area contributed by atoms with Crippen molar-refractivity contribution in [3.63, 3.8) is 0 Å². The lowest BCUT2D eigenvalue weighted by molar-refractivity contribution is 0.0368. The van der Waals surface area contributed by atoms with Gasteiger partial charge in [-0.25, -0.2) is 0 Å². The monoisotopic (exact) mass is 469 g/mol. The first-order valence-electron chi connectivity index (χ1n) is 11.5. The van der Waals surface area contributed by atoms with Crippen LogP contribution < -0.4 is 9.47 Å². The zero-order chi connectivity index (χ0) is 22.6. The van der Waals surface area contributed by atoms with Crippen molar-refractivity contribution in [2.24, 2.45) is 0 Å². The summed E-state index contributed by atoms with van der Waals surface area (Å²) in [5, 5.41) is 8.34. The van der Waals surface area contributed by atoms with Crippen molar-refractivity contribution in [3.05, 3.63) is 60.5 Å². The second kappa shape index (κ2) is 13.2. The summed E-state index contributed by atoms with van der Waals surface area (Å²) < 4.78 is 22.8. The molecule has 0 radical (unpaired) electrons. The van der Waals surface area contributed by atoms with E-state index in [-0.39, 0.29) is 0 Å². The first-order valence-corrected chi connectivity index (χ1v) is 12.6. The Bertz CT molecular complexity index is 930. The molecule has 1 aliphatic heterocycles. The number of thioether (sulfide) groups is 1. The molecule has 8 heteroatoms. The van der Waals surface area contributed by atoms with Crippen LogP contribution in [0.3, 0.4) is 0 Å². The molecule has 1 aromatic heterocycles. The Hall–Kier alpha value is -2.55. The van der Waals surface area contributed by atoms with Crippen molar-refractivity contribution in [1.29, 1.82) is 0 Å². The van der Waals surface area contributed by atoms with E-state index in [1.165, 1.54) is 0 Å². The summed E-state index contributed by atoms with van der Waals surface area (Å²) in [4.78, 5) is 2.45. The van der Waals surface area contributed by atoms with Gasteiger partial charge < -0.3 is 18.6 Å². The number of aromatic nitrogens is 2. The number of ether oxygens (including phenoxy) is 3. The van der Waals surface area contributed by atoms with Gasteiger partial charge in [-0.1, -0.05) is 18.2 Å². The van der Waals surface area contributed by atoms with Gasteiger partial charge in [0.15, 0.2) is 0 Å². The maximum absolute atomic E-state index is 5.87. The Morgan fingerprint density at radius 2 is 1.61 bits per heavy atom. The summed E-state index contributed by atoms with van der Waals surface area (Å²) in [5.74, 6) is 4.41. The highest BCUT2D eigenvalue weighted by atomic mass is 32.2. The average molecular weight is 470 g/mol. The fourth-order valence-electron chi connectivity index (χ4n) is 3.47. The molecule has 0 atom stereocenters. The van der Waals surface area contributed by atoms with E-state index in [0.29, 0.717) is 24.1 Å². The number of hydrogen-bond acceptors (Lipinski definition) is 8. The standard InChI is InChI=1S/C25H31N3O4S/c1-2-6-22(7-3-1)31-18-19-33-20-24-26-27-25(32-24)21-8-10-23(11-9-21)30-15-5-4-12-28-13-16-29-17-14-28/h1-3,6-11H,4-5,12-20H2. The van der Waals surface area contributed by atoms with Crippen molar-refractivity contribution >= 4 is 11.8 Å². The third-order valence-electron chi connectivity index (χ3n) is 5.27. The van der Waals surface area contributed by atoms with E-state index >= 15 is 0 Å². The minimum Gasteiger partial charge on any atom is -0.494 e. The molecule has 0 amide bonds. The molecule has 1 aliphatic rings. The summed E-state index contributed by atoms with van der Waals surface area (Å²) in [6.07, 6.45) is 2.18. The first kappa shape index (κ1) is 23.6. The molecule has 33 heavy (non-hydrogen) atoms. The molecular weight excluding hydrogens is 438 g/mol. The number of unbranched alkanes of at least 4 members (excludes halogenated alkanes) is 1. The van der Waals surface area contributed by atoms with Crippen LogP contribution in [0.1, 0.15) is 18.7 Å². The minimum atomic E-state index is 0.531. The largest absolute Gasteiger partial charge is 0.494 e. The van der Waals surface area contributed by atoms with Crippen molar-refractivity contribution < 1.29 is 18.6 Å². The molecule has 4 rings (SSSR count). The third-order valence-corrected chi connectivity index (χ3v) is 6.18. The van der Waals surface area contributed by atoms with E-state index in [2.05, 4.69) is 15.1 Å². The van der Waals surface area contributed by atoms with E-state index in [0.717, 1.165) is 75.1 Å². The molecule has 176 valence electrons. The first-order chi connectivity index (χ1) is 16.4. The van der Waals surface area contributed by atoms with Crippen molar-refractivity contribution in [3.8, 4) is 23.0 Å².